The van der Waals surface area contributed by atoms with Crippen LogP contribution in [0.4, 0.5) is 0 Å². The van der Waals surface area contributed by atoms with Crippen LogP contribution >= 0.6 is 11.8 Å². The Hall–Kier alpha value is -1.47. The van der Waals surface area contributed by atoms with E-state index in [-0.39, 0.29) is 0 Å². The van der Waals surface area contributed by atoms with Crippen LogP contribution in [0, 0.1) is 11.3 Å². The number of hydrogen-bond acceptors (Lipinski definition) is 4. The van der Waals surface area contributed by atoms with Crippen molar-refractivity contribution in [3.8, 4) is 6.07 Å². The molecule has 4 heteroatoms. The van der Waals surface area contributed by atoms with E-state index in [4.69, 9.17) is 5.26 Å². The fourth-order valence-electron chi connectivity index (χ4n) is 1.50. The Kier molecular flexibility index (Phi) is 3.47. The monoisotopic (exact) mass is 231 g/mol. The van der Waals surface area contributed by atoms with Crippen molar-refractivity contribution >= 4 is 16.9 Å². The van der Waals surface area contributed by atoms with Gasteiger partial charge < -0.3 is 5.32 Å². The molecular weight excluding hydrogens is 218 g/mol. The van der Waals surface area contributed by atoms with Crippen LogP contribution < -0.4 is 5.32 Å². The van der Waals surface area contributed by atoms with Crippen molar-refractivity contribution in [1.29, 1.82) is 5.26 Å². The number of aliphatic imine (C=N–C) groups is 1. The third-order valence-electron chi connectivity index (χ3n) is 2.30. The molecule has 1 aromatic carbocycles. The Labute approximate surface area is 99.6 Å². The zero-order valence-corrected chi connectivity index (χ0v) is 9.92. The molecule has 1 unspecified atom stereocenters. The predicted octanol–water partition coefficient (Wildman–Crippen LogP) is 2.14. The Bertz CT molecular complexity index is 448. The smallest absolute Gasteiger partial charge is 0.157 e. The third-order valence-corrected chi connectivity index (χ3v) is 3.35. The number of nitrogens with zero attached hydrogens (tertiary/aromatic N) is 2. The molecule has 82 valence electrons. The molecular formula is C12H13N3S. The molecule has 1 N–H and O–H groups in total. The van der Waals surface area contributed by atoms with Crippen molar-refractivity contribution < 1.29 is 0 Å². The van der Waals surface area contributed by atoms with Crippen molar-refractivity contribution in [3.05, 3.63) is 35.4 Å². The summed E-state index contributed by atoms with van der Waals surface area (Å²) in [5, 5.41) is 13.6. The number of rotatable bonds is 2. The van der Waals surface area contributed by atoms with E-state index in [0.29, 0.717) is 10.8 Å². The standard InChI is InChI=1S/C12H13N3S/c1-9-7-14-12(16-9)15-8-11-4-2-3-10(5-11)6-13/h2-5,9H,7-8H2,1H3,(H,14,15). The van der Waals surface area contributed by atoms with Crippen molar-refractivity contribution in [1.82, 2.24) is 5.32 Å². The molecule has 0 saturated carbocycles. The number of nitrogens with one attached hydrogen (secondary N) is 1. The van der Waals surface area contributed by atoms with Gasteiger partial charge in [-0.1, -0.05) is 30.8 Å². The molecule has 0 fully saturated rings. The quantitative estimate of drug-likeness (QED) is 0.848. The van der Waals surface area contributed by atoms with Crippen LogP contribution in [-0.4, -0.2) is 17.0 Å². The van der Waals surface area contributed by atoms with E-state index in [2.05, 4.69) is 23.3 Å². The van der Waals surface area contributed by atoms with Gasteiger partial charge in [0.1, 0.15) is 0 Å². The molecule has 0 radical (unpaired) electrons. The minimum absolute atomic E-state index is 0.577. The molecule has 0 bridgehead atoms. The molecule has 1 aliphatic rings. The van der Waals surface area contributed by atoms with Crippen LogP contribution in [0.3, 0.4) is 0 Å². The van der Waals surface area contributed by atoms with Gasteiger partial charge in [0.2, 0.25) is 0 Å². The van der Waals surface area contributed by atoms with Gasteiger partial charge in [0.25, 0.3) is 0 Å². The van der Waals surface area contributed by atoms with Crippen molar-refractivity contribution in [3.63, 3.8) is 0 Å². The van der Waals surface area contributed by atoms with E-state index in [1.165, 1.54) is 0 Å². The summed E-state index contributed by atoms with van der Waals surface area (Å²) in [4.78, 5) is 4.38. The van der Waals surface area contributed by atoms with Gasteiger partial charge in [-0.15, -0.1) is 0 Å². The predicted molar refractivity (Wildman–Crippen MR) is 67.4 cm³/mol. The normalized spacial score (nSPS) is 19.0. The first kappa shape index (κ1) is 11.0. The number of benzene rings is 1. The molecule has 1 heterocycles. The lowest BCUT2D eigenvalue weighted by molar-refractivity contribution is 0.913. The molecule has 16 heavy (non-hydrogen) atoms. The number of thioether (sulfide) groups is 1. The van der Waals surface area contributed by atoms with Gasteiger partial charge in [0.05, 0.1) is 18.2 Å². The van der Waals surface area contributed by atoms with Crippen LogP contribution in [0.1, 0.15) is 18.1 Å². The SMILES string of the molecule is CC1CN=C(NCc2cccc(C#N)c2)S1. The molecule has 2 rings (SSSR count). The largest absolute Gasteiger partial charge is 0.361 e. The van der Waals surface area contributed by atoms with Crippen molar-refractivity contribution in [2.24, 2.45) is 4.99 Å². The molecule has 1 atom stereocenters. The Morgan fingerprint density at radius 1 is 1.62 bits per heavy atom. The molecule has 0 aliphatic carbocycles. The first-order chi connectivity index (χ1) is 7.78. The Balaban J connectivity index is 1.92. The summed E-state index contributed by atoms with van der Waals surface area (Å²) in [6.45, 7) is 3.79. The van der Waals surface area contributed by atoms with Gasteiger partial charge in [-0.05, 0) is 17.7 Å². The highest BCUT2D eigenvalue weighted by molar-refractivity contribution is 8.14. The highest BCUT2D eigenvalue weighted by Gasteiger charge is 2.13. The highest BCUT2D eigenvalue weighted by Crippen LogP contribution is 2.18. The minimum Gasteiger partial charge on any atom is -0.361 e. The summed E-state index contributed by atoms with van der Waals surface area (Å²) >= 11 is 1.77. The van der Waals surface area contributed by atoms with Crippen molar-refractivity contribution in [2.75, 3.05) is 6.54 Å². The van der Waals surface area contributed by atoms with E-state index >= 15 is 0 Å². The third kappa shape index (κ3) is 2.77. The summed E-state index contributed by atoms with van der Waals surface area (Å²) < 4.78 is 0. The summed E-state index contributed by atoms with van der Waals surface area (Å²) in [5.74, 6) is 0. The molecule has 1 aliphatic heterocycles. The topological polar surface area (TPSA) is 48.2 Å². The van der Waals surface area contributed by atoms with Gasteiger partial charge in [0.15, 0.2) is 5.17 Å². The van der Waals surface area contributed by atoms with Gasteiger partial charge in [-0.3, -0.25) is 4.99 Å². The molecule has 0 spiro atoms. The van der Waals surface area contributed by atoms with Crippen LogP contribution in [0.2, 0.25) is 0 Å². The average Bonchev–Trinajstić information content (AvgIpc) is 2.73. The van der Waals surface area contributed by atoms with E-state index in [9.17, 15) is 0 Å². The number of nitriles is 1. The van der Waals surface area contributed by atoms with Crippen LogP contribution in [0.25, 0.3) is 0 Å². The van der Waals surface area contributed by atoms with Gasteiger partial charge >= 0.3 is 0 Å². The molecule has 1 aromatic rings. The van der Waals surface area contributed by atoms with E-state index in [0.717, 1.165) is 23.8 Å². The zero-order valence-electron chi connectivity index (χ0n) is 9.10. The lowest BCUT2D eigenvalue weighted by Crippen LogP contribution is -2.18. The van der Waals surface area contributed by atoms with Gasteiger partial charge in [-0.25, -0.2) is 0 Å². The maximum Gasteiger partial charge on any atom is 0.157 e. The van der Waals surface area contributed by atoms with Crippen LogP contribution in [0.5, 0.6) is 0 Å². The number of amidine groups is 1. The second-order valence-electron chi connectivity index (χ2n) is 3.74. The Morgan fingerprint density at radius 2 is 2.50 bits per heavy atom. The molecule has 0 saturated heterocycles. The first-order valence-corrected chi connectivity index (χ1v) is 6.10. The zero-order chi connectivity index (χ0) is 11.4. The maximum absolute atomic E-state index is 8.78. The molecule has 0 amide bonds. The minimum atomic E-state index is 0.577. The summed E-state index contributed by atoms with van der Waals surface area (Å²) in [6.07, 6.45) is 0. The van der Waals surface area contributed by atoms with Gasteiger partial charge in [-0.2, -0.15) is 5.26 Å². The van der Waals surface area contributed by atoms with Crippen molar-refractivity contribution in [2.45, 2.75) is 18.7 Å². The Morgan fingerprint density at radius 3 is 3.19 bits per heavy atom. The second kappa shape index (κ2) is 5.04. The van der Waals surface area contributed by atoms with E-state index in [1.54, 1.807) is 11.8 Å². The highest BCUT2D eigenvalue weighted by atomic mass is 32.2. The fourth-order valence-corrected chi connectivity index (χ4v) is 2.34. The van der Waals surface area contributed by atoms with Gasteiger partial charge in [0, 0.05) is 11.8 Å². The first-order valence-electron chi connectivity index (χ1n) is 5.22. The van der Waals surface area contributed by atoms with E-state index < -0.39 is 0 Å². The molecule has 0 aromatic heterocycles. The van der Waals surface area contributed by atoms with Crippen LogP contribution in [-0.2, 0) is 6.54 Å². The fraction of sp³-hybridized carbons (Fsp3) is 0.333. The lowest BCUT2D eigenvalue weighted by atomic mass is 10.1. The second-order valence-corrected chi connectivity index (χ2v) is 5.17. The van der Waals surface area contributed by atoms with Crippen LogP contribution in [0.15, 0.2) is 29.3 Å². The van der Waals surface area contributed by atoms with E-state index in [1.807, 2.05) is 24.3 Å². The maximum atomic E-state index is 8.78. The average molecular weight is 231 g/mol. The summed E-state index contributed by atoms with van der Waals surface area (Å²) in [5.41, 5.74) is 1.82. The number of hydrogen-bond donors (Lipinski definition) is 1. The molecule has 3 nitrogen and oxygen atoms in total. The lowest BCUT2D eigenvalue weighted by Gasteiger charge is -2.06. The summed E-state index contributed by atoms with van der Waals surface area (Å²) in [6, 6.07) is 9.77. The summed E-state index contributed by atoms with van der Waals surface area (Å²) in [7, 11) is 0.